The van der Waals surface area contributed by atoms with Crippen LogP contribution in [0.4, 0.5) is 27.3 Å². The molecule has 8 heteroatoms. The molecule has 0 spiro atoms. The SMILES string of the molecule is [C-]#[N+]c1cc2c(cn1)C(=O)N(c1ccc(=O)[nH]c1C)CN2c1ccc(F)cc1C. The van der Waals surface area contributed by atoms with Crippen LogP contribution < -0.4 is 15.4 Å². The maximum atomic E-state index is 13.7. The lowest BCUT2D eigenvalue weighted by Crippen LogP contribution is -2.45. The highest BCUT2D eigenvalue weighted by Gasteiger charge is 2.33. The number of pyridine rings is 2. The molecule has 1 amide bonds. The Labute approximate surface area is 165 Å². The van der Waals surface area contributed by atoms with E-state index in [2.05, 4.69) is 14.8 Å². The summed E-state index contributed by atoms with van der Waals surface area (Å²) >= 11 is 0. The Bertz CT molecular complexity index is 1240. The van der Waals surface area contributed by atoms with Gasteiger partial charge in [0.15, 0.2) is 0 Å². The number of nitrogens with zero attached hydrogens (tertiary/aromatic N) is 4. The topological polar surface area (TPSA) is 73.7 Å². The van der Waals surface area contributed by atoms with Crippen molar-refractivity contribution in [3.63, 3.8) is 0 Å². The van der Waals surface area contributed by atoms with Crippen molar-refractivity contribution >= 4 is 28.8 Å². The van der Waals surface area contributed by atoms with Gasteiger partial charge >= 0.3 is 0 Å². The second kappa shape index (κ2) is 6.87. The molecule has 2 aromatic heterocycles. The zero-order valence-electron chi connectivity index (χ0n) is 15.7. The standard InChI is InChI=1S/C21H16FN5O2/c1-12-8-14(22)4-5-16(12)26-11-27(17-6-7-20(28)25-13(17)2)21(29)15-10-24-19(23-3)9-18(15)26/h4-10H,11H2,1-2H3,(H,25,28). The van der Waals surface area contributed by atoms with Crippen molar-refractivity contribution < 1.29 is 9.18 Å². The Morgan fingerprint density at radius 1 is 1.07 bits per heavy atom. The normalized spacial score (nSPS) is 13.2. The summed E-state index contributed by atoms with van der Waals surface area (Å²) in [7, 11) is 0. The minimum Gasteiger partial charge on any atom is -0.361 e. The van der Waals surface area contributed by atoms with Gasteiger partial charge in [0.1, 0.15) is 24.2 Å². The molecule has 1 aromatic carbocycles. The van der Waals surface area contributed by atoms with E-state index in [9.17, 15) is 14.0 Å². The van der Waals surface area contributed by atoms with E-state index in [1.165, 1.54) is 29.3 Å². The van der Waals surface area contributed by atoms with Gasteiger partial charge in [-0.1, -0.05) is 6.57 Å². The number of carbonyl (C=O) groups is 1. The van der Waals surface area contributed by atoms with Crippen molar-refractivity contribution in [2.75, 3.05) is 16.5 Å². The number of fused-ring (bicyclic) bond motifs is 1. The second-order valence-corrected chi connectivity index (χ2v) is 6.74. The maximum absolute atomic E-state index is 13.7. The van der Waals surface area contributed by atoms with E-state index in [0.29, 0.717) is 33.9 Å². The van der Waals surface area contributed by atoms with Gasteiger partial charge in [0.05, 0.1) is 11.4 Å². The molecule has 7 nitrogen and oxygen atoms in total. The quantitative estimate of drug-likeness (QED) is 0.676. The number of nitrogens with one attached hydrogen (secondary N) is 1. The zero-order valence-corrected chi connectivity index (χ0v) is 15.7. The fourth-order valence-corrected chi connectivity index (χ4v) is 3.49. The first-order valence-electron chi connectivity index (χ1n) is 8.82. The Balaban J connectivity index is 1.92. The lowest BCUT2D eigenvalue weighted by molar-refractivity contribution is 0.0983. The molecule has 0 fully saturated rings. The van der Waals surface area contributed by atoms with Crippen molar-refractivity contribution in [3.05, 3.63) is 87.0 Å². The minimum atomic E-state index is -0.357. The van der Waals surface area contributed by atoms with Crippen LogP contribution in [-0.4, -0.2) is 22.5 Å². The van der Waals surface area contributed by atoms with Crippen LogP contribution in [0, 0.1) is 26.2 Å². The molecule has 3 aromatic rings. The molecule has 1 aliphatic rings. The first-order chi connectivity index (χ1) is 13.9. The van der Waals surface area contributed by atoms with Gasteiger partial charge in [-0.05, 0) is 49.7 Å². The fourth-order valence-electron chi connectivity index (χ4n) is 3.49. The van der Waals surface area contributed by atoms with Crippen molar-refractivity contribution in [1.29, 1.82) is 0 Å². The summed E-state index contributed by atoms with van der Waals surface area (Å²) in [5, 5.41) is 0. The van der Waals surface area contributed by atoms with Crippen LogP contribution in [0.3, 0.4) is 0 Å². The molecule has 1 N–H and O–H groups in total. The number of aryl methyl sites for hydroxylation is 2. The lowest BCUT2D eigenvalue weighted by atomic mass is 10.1. The van der Waals surface area contributed by atoms with E-state index in [1.54, 1.807) is 32.0 Å². The van der Waals surface area contributed by atoms with Gasteiger partial charge < -0.3 is 14.7 Å². The number of halogens is 1. The van der Waals surface area contributed by atoms with Gasteiger partial charge in [-0.25, -0.2) is 4.39 Å². The third kappa shape index (κ3) is 3.12. The molecule has 0 saturated carbocycles. The number of rotatable bonds is 2. The van der Waals surface area contributed by atoms with Gasteiger partial charge in [0, 0.05) is 17.4 Å². The predicted molar refractivity (Wildman–Crippen MR) is 107 cm³/mol. The number of anilines is 3. The third-order valence-corrected chi connectivity index (χ3v) is 4.86. The molecule has 29 heavy (non-hydrogen) atoms. The highest BCUT2D eigenvalue weighted by atomic mass is 19.1. The number of aromatic amines is 1. The van der Waals surface area contributed by atoms with Crippen LogP contribution in [0.1, 0.15) is 21.6 Å². The van der Waals surface area contributed by atoms with E-state index in [-0.39, 0.29) is 29.8 Å². The molecule has 4 rings (SSSR count). The number of amides is 1. The van der Waals surface area contributed by atoms with E-state index in [1.807, 2.05) is 4.90 Å². The molecule has 0 saturated heterocycles. The minimum absolute atomic E-state index is 0.132. The van der Waals surface area contributed by atoms with E-state index in [0.717, 1.165) is 0 Å². The summed E-state index contributed by atoms with van der Waals surface area (Å²) in [5.74, 6) is -0.491. The number of hydrogen-bond donors (Lipinski definition) is 1. The maximum Gasteiger partial charge on any atom is 0.271 e. The summed E-state index contributed by atoms with van der Waals surface area (Å²) in [4.78, 5) is 38.3. The molecule has 0 unspecified atom stereocenters. The molecule has 144 valence electrons. The monoisotopic (exact) mass is 389 g/mol. The second-order valence-electron chi connectivity index (χ2n) is 6.74. The van der Waals surface area contributed by atoms with E-state index >= 15 is 0 Å². The summed E-state index contributed by atoms with van der Waals surface area (Å²) in [6.45, 7) is 10.9. The Hall–Kier alpha value is -3.99. The smallest absolute Gasteiger partial charge is 0.271 e. The van der Waals surface area contributed by atoms with Gasteiger partial charge in [0.25, 0.3) is 11.7 Å². The zero-order chi connectivity index (χ0) is 20.7. The van der Waals surface area contributed by atoms with Crippen molar-refractivity contribution in [3.8, 4) is 0 Å². The Kier molecular flexibility index (Phi) is 4.35. The molecule has 0 atom stereocenters. The molecular weight excluding hydrogens is 373 g/mol. The number of carbonyl (C=O) groups excluding carboxylic acids is 1. The van der Waals surface area contributed by atoms with Crippen molar-refractivity contribution in [1.82, 2.24) is 9.97 Å². The molecule has 1 aliphatic heterocycles. The summed E-state index contributed by atoms with van der Waals surface area (Å²) in [6, 6.07) is 8.91. The van der Waals surface area contributed by atoms with Gasteiger partial charge in [-0.15, -0.1) is 4.98 Å². The summed E-state index contributed by atoms with van der Waals surface area (Å²) < 4.78 is 13.7. The van der Waals surface area contributed by atoms with Gasteiger partial charge in [-0.2, -0.15) is 0 Å². The van der Waals surface area contributed by atoms with E-state index in [4.69, 9.17) is 6.57 Å². The predicted octanol–water partition coefficient (Wildman–Crippen LogP) is 3.83. The van der Waals surface area contributed by atoms with E-state index < -0.39 is 0 Å². The lowest BCUT2D eigenvalue weighted by Gasteiger charge is -2.38. The largest absolute Gasteiger partial charge is 0.361 e. The fraction of sp³-hybridized carbons (Fsp3) is 0.143. The highest BCUT2D eigenvalue weighted by Crippen LogP contribution is 2.38. The molecule has 0 radical (unpaired) electrons. The van der Waals surface area contributed by atoms with Gasteiger partial charge in [-0.3, -0.25) is 14.5 Å². The van der Waals surface area contributed by atoms with Crippen LogP contribution in [0.15, 0.2) is 47.4 Å². The summed E-state index contributed by atoms with van der Waals surface area (Å²) in [6.07, 6.45) is 1.38. The van der Waals surface area contributed by atoms with Crippen molar-refractivity contribution in [2.45, 2.75) is 13.8 Å². The number of aromatic nitrogens is 2. The Morgan fingerprint density at radius 2 is 1.83 bits per heavy atom. The molecule has 0 bridgehead atoms. The number of hydrogen-bond acceptors (Lipinski definition) is 4. The van der Waals surface area contributed by atoms with Crippen LogP contribution in [0.5, 0.6) is 0 Å². The molecular formula is C21H16FN5O2. The summed E-state index contributed by atoms with van der Waals surface area (Å²) in [5.41, 5.74) is 3.08. The average Bonchev–Trinajstić information content (AvgIpc) is 2.69. The van der Waals surface area contributed by atoms with Crippen LogP contribution in [0.25, 0.3) is 4.85 Å². The first-order valence-corrected chi connectivity index (χ1v) is 8.82. The van der Waals surface area contributed by atoms with Crippen LogP contribution in [-0.2, 0) is 0 Å². The average molecular weight is 389 g/mol. The van der Waals surface area contributed by atoms with Crippen LogP contribution >= 0.6 is 0 Å². The van der Waals surface area contributed by atoms with Crippen molar-refractivity contribution in [2.24, 2.45) is 0 Å². The molecule has 0 aliphatic carbocycles. The Morgan fingerprint density at radius 3 is 2.52 bits per heavy atom. The molecule has 3 heterocycles. The third-order valence-electron chi connectivity index (χ3n) is 4.86. The van der Waals surface area contributed by atoms with Crippen LogP contribution in [0.2, 0.25) is 0 Å². The number of H-pyrrole nitrogens is 1. The number of benzene rings is 1. The highest BCUT2D eigenvalue weighted by molar-refractivity contribution is 6.12. The first kappa shape index (κ1) is 18.4. The van der Waals surface area contributed by atoms with Gasteiger partial charge in [0.2, 0.25) is 5.56 Å².